The molecule has 0 spiro atoms. The van der Waals surface area contributed by atoms with Crippen molar-refractivity contribution in [1.82, 2.24) is 0 Å². The minimum absolute atomic E-state index is 0.101. The van der Waals surface area contributed by atoms with Crippen LogP contribution in [0.3, 0.4) is 0 Å². The van der Waals surface area contributed by atoms with E-state index in [0.29, 0.717) is 29.3 Å². The Morgan fingerprint density at radius 2 is 1.53 bits per heavy atom. The van der Waals surface area contributed by atoms with Crippen LogP contribution in [0.5, 0.6) is 5.75 Å². The minimum Gasteiger partial charge on any atom is -0.494 e. The molecule has 0 fully saturated rings. The molecule has 4 rings (SSSR count). The first-order valence-corrected chi connectivity index (χ1v) is 11.6. The van der Waals surface area contributed by atoms with Gasteiger partial charge in [0.1, 0.15) is 5.75 Å². The Kier molecular flexibility index (Phi) is 6.09. The van der Waals surface area contributed by atoms with Gasteiger partial charge in [0.25, 0.3) is 15.9 Å². The van der Waals surface area contributed by atoms with Gasteiger partial charge >= 0.3 is 0 Å². The second-order valence-electron chi connectivity index (χ2n) is 7.07. The predicted octanol–water partition coefficient (Wildman–Crippen LogP) is 5.29. The number of ether oxygens (including phenoxy) is 1. The van der Waals surface area contributed by atoms with Crippen LogP contribution in [0.1, 0.15) is 17.3 Å². The van der Waals surface area contributed by atoms with Crippen molar-refractivity contribution in [2.24, 2.45) is 0 Å². The molecule has 0 saturated heterocycles. The largest absolute Gasteiger partial charge is 0.494 e. The van der Waals surface area contributed by atoms with Crippen molar-refractivity contribution in [3.05, 3.63) is 96.6 Å². The van der Waals surface area contributed by atoms with Gasteiger partial charge in [-0.05, 0) is 66.9 Å². The summed E-state index contributed by atoms with van der Waals surface area (Å²) in [7, 11) is -3.79. The number of hydrogen-bond acceptors (Lipinski definition) is 4. The molecule has 32 heavy (non-hydrogen) atoms. The molecule has 2 N–H and O–H groups in total. The molecule has 162 valence electrons. The number of nitrogens with one attached hydrogen (secondary N) is 2. The number of rotatable bonds is 7. The second kappa shape index (κ2) is 9.11. The van der Waals surface area contributed by atoms with E-state index in [1.165, 1.54) is 12.1 Å². The van der Waals surface area contributed by atoms with Crippen LogP contribution in [-0.2, 0) is 10.0 Å². The third kappa shape index (κ3) is 4.73. The molecular formula is C25H22N2O4S. The number of amides is 1. The molecule has 0 unspecified atom stereocenters. The highest BCUT2D eigenvalue weighted by molar-refractivity contribution is 7.92. The first-order valence-electron chi connectivity index (χ1n) is 10.1. The molecule has 6 nitrogen and oxygen atoms in total. The molecular weight excluding hydrogens is 424 g/mol. The van der Waals surface area contributed by atoms with Crippen LogP contribution >= 0.6 is 0 Å². The van der Waals surface area contributed by atoms with E-state index in [1.54, 1.807) is 48.5 Å². The normalized spacial score (nSPS) is 11.2. The molecule has 0 radical (unpaired) electrons. The number of carbonyl (C=O) groups excluding carboxylic acids is 1. The van der Waals surface area contributed by atoms with Crippen LogP contribution in [0.4, 0.5) is 11.4 Å². The van der Waals surface area contributed by atoms with Crippen LogP contribution < -0.4 is 14.8 Å². The van der Waals surface area contributed by atoms with Crippen molar-refractivity contribution < 1.29 is 17.9 Å². The summed E-state index contributed by atoms with van der Waals surface area (Å²) in [4.78, 5) is 12.5. The van der Waals surface area contributed by atoms with Gasteiger partial charge in [-0.3, -0.25) is 9.52 Å². The summed E-state index contributed by atoms with van der Waals surface area (Å²) in [5.41, 5.74) is 1.48. The second-order valence-corrected chi connectivity index (χ2v) is 8.75. The van der Waals surface area contributed by atoms with Gasteiger partial charge in [-0.25, -0.2) is 8.42 Å². The molecule has 0 atom stereocenters. The summed E-state index contributed by atoms with van der Waals surface area (Å²) in [6, 6.07) is 25.9. The van der Waals surface area contributed by atoms with E-state index in [4.69, 9.17) is 4.74 Å². The van der Waals surface area contributed by atoms with Crippen molar-refractivity contribution in [1.29, 1.82) is 0 Å². The summed E-state index contributed by atoms with van der Waals surface area (Å²) in [6.45, 7) is 2.44. The van der Waals surface area contributed by atoms with Gasteiger partial charge in [0, 0.05) is 16.6 Å². The first kappa shape index (κ1) is 21.4. The third-order valence-corrected chi connectivity index (χ3v) is 6.27. The van der Waals surface area contributed by atoms with Crippen LogP contribution in [0.15, 0.2) is 95.9 Å². The molecule has 0 aliphatic heterocycles. The summed E-state index contributed by atoms with van der Waals surface area (Å²) in [5, 5.41) is 4.53. The zero-order valence-corrected chi connectivity index (χ0v) is 18.2. The molecule has 0 heterocycles. The summed E-state index contributed by atoms with van der Waals surface area (Å²) in [5.74, 6) is 0.398. The lowest BCUT2D eigenvalue weighted by atomic mass is 10.1. The zero-order chi connectivity index (χ0) is 22.6. The van der Waals surface area contributed by atoms with Gasteiger partial charge in [0.2, 0.25) is 0 Å². The molecule has 0 saturated carbocycles. The number of benzene rings is 4. The maximum absolute atomic E-state index is 12.9. The number of sulfonamides is 1. The maximum atomic E-state index is 12.9. The number of hydrogen-bond donors (Lipinski definition) is 2. The van der Waals surface area contributed by atoms with Gasteiger partial charge in [0.15, 0.2) is 0 Å². The van der Waals surface area contributed by atoms with Gasteiger partial charge in [-0.2, -0.15) is 0 Å². The van der Waals surface area contributed by atoms with E-state index in [0.717, 1.165) is 10.8 Å². The average molecular weight is 447 g/mol. The van der Waals surface area contributed by atoms with Gasteiger partial charge < -0.3 is 10.1 Å². The van der Waals surface area contributed by atoms with Crippen molar-refractivity contribution in [3.63, 3.8) is 0 Å². The van der Waals surface area contributed by atoms with E-state index in [-0.39, 0.29) is 10.8 Å². The lowest BCUT2D eigenvalue weighted by molar-refractivity contribution is 0.102. The van der Waals surface area contributed by atoms with E-state index in [2.05, 4.69) is 10.0 Å². The first-order chi connectivity index (χ1) is 15.5. The fourth-order valence-corrected chi connectivity index (χ4v) is 4.39. The topological polar surface area (TPSA) is 84.5 Å². The molecule has 4 aromatic rings. The zero-order valence-electron chi connectivity index (χ0n) is 17.4. The van der Waals surface area contributed by atoms with Crippen LogP contribution in [0.25, 0.3) is 10.8 Å². The van der Waals surface area contributed by atoms with E-state index in [1.807, 2.05) is 37.3 Å². The Hall–Kier alpha value is -3.84. The van der Waals surface area contributed by atoms with Gasteiger partial charge in [0.05, 0.1) is 17.2 Å². The summed E-state index contributed by atoms with van der Waals surface area (Å²) < 4.78 is 33.8. The highest BCUT2D eigenvalue weighted by atomic mass is 32.2. The highest BCUT2D eigenvalue weighted by Gasteiger charge is 2.16. The number of fused-ring (bicyclic) bond motifs is 1. The Morgan fingerprint density at radius 3 is 2.25 bits per heavy atom. The number of carbonyl (C=O) groups is 1. The fourth-order valence-electron chi connectivity index (χ4n) is 3.31. The van der Waals surface area contributed by atoms with Crippen molar-refractivity contribution in [3.8, 4) is 5.75 Å². The highest BCUT2D eigenvalue weighted by Crippen LogP contribution is 2.26. The molecule has 0 aliphatic carbocycles. The SMILES string of the molecule is CCOc1ccc(C(=O)Nc2ccc(S(=O)(=O)Nc3cccc4ccccc34)cc2)cc1. The van der Waals surface area contributed by atoms with E-state index >= 15 is 0 Å². The Bertz CT molecular complexity index is 1340. The van der Waals surface area contributed by atoms with Crippen molar-refractivity contribution in [2.45, 2.75) is 11.8 Å². The summed E-state index contributed by atoms with van der Waals surface area (Å²) >= 11 is 0. The monoisotopic (exact) mass is 446 g/mol. The quantitative estimate of drug-likeness (QED) is 0.404. The van der Waals surface area contributed by atoms with Crippen LogP contribution in [0.2, 0.25) is 0 Å². The molecule has 4 aromatic carbocycles. The molecule has 0 aliphatic rings. The van der Waals surface area contributed by atoms with Crippen molar-refractivity contribution >= 4 is 38.1 Å². The molecule has 1 amide bonds. The Morgan fingerprint density at radius 1 is 0.844 bits per heavy atom. The molecule has 0 aromatic heterocycles. The van der Waals surface area contributed by atoms with E-state index in [9.17, 15) is 13.2 Å². The molecule has 7 heteroatoms. The van der Waals surface area contributed by atoms with Crippen molar-refractivity contribution in [2.75, 3.05) is 16.6 Å². The maximum Gasteiger partial charge on any atom is 0.261 e. The Balaban J connectivity index is 1.48. The fraction of sp³-hybridized carbons (Fsp3) is 0.0800. The standard InChI is InChI=1S/C25H22N2O4S/c1-2-31-21-14-10-19(11-15-21)25(28)26-20-12-16-22(17-13-20)32(29,30)27-24-9-5-7-18-6-3-4-8-23(18)24/h3-17,27H,2H2,1H3,(H,26,28). The van der Waals surface area contributed by atoms with Gasteiger partial charge in [-0.1, -0.05) is 36.4 Å². The minimum atomic E-state index is -3.79. The van der Waals surface area contributed by atoms with Gasteiger partial charge in [-0.15, -0.1) is 0 Å². The average Bonchev–Trinajstić information content (AvgIpc) is 2.80. The van der Waals surface area contributed by atoms with Crippen LogP contribution in [0, 0.1) is 0 Å². The van der Waals surface area contributed by atoms with Crippen LogP contribution in [-0.4, -0.2) is 20.9 Å². The number of anilines is 2. The summed E-state index contributed by atoms with van der Waals surface area (Å²) in [6.07, 6.45) is 0. The third-order valence-electron chi connectivity index (χ3n) is 4.88. The predicted molar refractivity (Wildman–Crippen MR) is 127 cm³/mol. The Labute approximate surface area is 186 Å². The lowest BCUT2D eigenvalue weighted by Gasteiger charge is -2.12. The lowest BCUT2D eigenvalue weighted by Crippen LogP contribution is -2.14. The smallest absolute Gasteiger partial charge is 0.261 e. The van der Waals surface area contributed by atoms with E-state index < -0.39 is 10.0 Å². The molecule has 0 bridgehead atoms.